The molecule has 9 heteroatoms. The highest BCUT2D eigenvalue weighted by atomic mass is 31.2. The SMILES string of the molecule is CC/C=C\C/C=C\C/C=C\C/C=C\C/C=C\CCOCC(COP(=O)(O)OCC[N+](C)(C)C)OC(=O)CCCCCCCCCCCCCCC/C=C\CCCCCCCCCC. The standard InChI is InChI=1S/C54H98NO7P/c1-6-8-10-12-14-16-18-20-22-24-25-26-27-28-29-30-31-32-33-35-37-39-41-43-45-47-54(56)62-53(52-61-63(57,58)60-50-48-55(3,4)5)51-59-49-46-44-42-40-38-36-34-23-21-19-17-15-13-11-9-7-2/h9,11,15,17,21,23-25,36,38,42,44,53H,6-8,10,12-14,16,18-20,22,26-35,37,39-41,43,45-52H2,1-5H3/p+1/b11-9-,17-15-,23-21-,25-24-,38-36-,44-42-. The van der Waals surface area contributed by atoms with Crippen molar-refractivity contribution in [2.45, 2.75) is 213 Å². The first-order valence-electron chi connectivity index (χ1n) is 25.7. The Hall–Kier alpha value is -2.06. The van der Waals surface area contributed by atoms with Crippen LogP contribution in [0.5, 0.6) is 0 Å². The lowest BCUT2D eigenvalue weighted by molar-refractivity contribution is -0.870. The number of ether oxygens (including phenoxy) is 2. The molecule has 0 fully saturated rings. The molecule has 0 aliphatic carbocycles. The molecule has 0 rings (SSSR count). The number of unbranched alkanes of at least 4 members (excludes halogenated alkanes) is 21. The second kappa shape index (κ2) is 46.5. The van der Waals surface area contributed by atoms with Crippen molar-refractivity contribution in [1.82, 2.24) is 0 Å². The van der Waals surface area contributed by atoms with Gasteiger partial charge in [0.05, 0.1) is 41.0 Å². The Morgan fingerprint density at radius 1 is 0.508 bits per heavy atom. The fraction of sp³-hybridized carbons (Fsp3) is 0.759. The molecular formula is C54H99NO7P+. The van der Waals surface area contributed by atoms with Crippen LogP contribution >= 0.6 is 7.82 Å². The van der Waals surface area contributed by atoms with Gasteiger partial charge in [0, 0.05) is 6.42 Å². The monoisotopic (exact) mass is 905 g/mol. The molecule has 0 saturated heterocycles. The number of likely N-dealkylation sites (N-methyl/N-ethyl adjacent to an activating group) is 1. The fourth-order valence-corrected chi connectivity index (χ4v) is 7.59. The minimum atomic E-state index is -4.30. The van der Waals surface area contributed by atoms with E-state index in [1.54, 1.807) is 0 Å². The van der Waals surface area contributed by atoms with Gasteiger partial charge in [-0.2, -0.15) is 0 Å². The fourth-order valence-electron chi connectivity index (χ4n) is 6.85. The maximum absolute atomic E-state index is 12.8. The molecule has 0 amide bonds. The van der Waals surface area contributed by atoms with Gasteiger partial charge < -0.3 is 18.9 Å². The summed E-state index contributed by atoms with van der Waals surface area (Å²) in [5.74, 6) is -0.339. The highest BCUT2D eigenvalue weighted by Crippen LogP contribution is 2.43. The van der Waals surface area contributed by atoms with E-state index in [4.69, 9.17) is 18.5 Å². The first-order valence-corrected chi connectivity index (χ1v) is 27.2. The molecular weight excluding hydrogens is 806 g/mol. The maximum Gasteiger partial charge on any atom is 0.472 e. The average Bonchev–Trinajstić information content (AvgIpc) is 3.24. The molecule has 0 radical (unpaired) electrons. The largest absolute Gasteiger partial charge is 0.472 e. The third kappa shape index (κ3) is 50.8. The summed E-state index contributed by atoms with van der Waals surface area (Å²) in [5, 5.41) is 0. The second-order valence-corrected chi connectivity index (χ2v) is 19.6. The van der Waals surface area contributed by atoms with Crippen LogP contribution in [0.25, 0.3) is 0 Å². The van der Waals surface area contributed by atoms with Gasteiger partial charge in [-0.05, 0) is 70.6 Å². The molecule has 0 aromatic carbocycles. The van der Waals surface area contributed by atoms with Gasteiger partial charge >= 0.3 is 13.8 Å². The van der Waals surface area contributed by atoms with E-state index in [0.29, 0.717) is 30.5 Å². The minimum absolute atomic E-state index is 0.0728. The van der Waals surface area contributed by atoms with Crippen molar-refractivity contribution in [3.05, 3.63) is 72.9 Å². The van der Waals surface area contributed by atoms with E-state index in [1.807, 2.05) is 21.1 Å². The van der Waals surface area contributed by atoms with E-state index in [0.717, 1.165) is 51.4 Å². The third-order valence-corrected chi connectivity index (χ3v) is 11.8. The molecule has 63 heavy (non-hydrogen) atoms. The summed E-state index contributed by atoms with van der Waals surface area (Å²) in [7, 11) is 1.62. The summed E-state index contributed by atoms with van der Waals surface area (Å²) in [6, 6.07) is 0. The first-order chi connectivity index (χ1) is 30.6. The molecule has 0 aliphatic heterocycles. The van der Waals surface area contributed by atoms with E-state index in [1.165, 1.54) is 128 Å². The van der Waals surface area contributed by atoms with Crippen LogP contribution in [0.3, 0.4) is 0 Å². The summed E-state index contributed by atoms with van der Waals surface area (Å²) < 4.78 is 35.0. The highest BCUT2D eigenvalue weighted by molar-refractivity contribution is 7.47. The van der Waals surface area contributed by atoms with Crippen LogP contribution in [0, 0.1) is 0 Å². The smallest absolute Gasteiger partial charge is 0.457 e. The Labute approximate surface area is 389 Å². The molecule has 1 N–H and O–H groups in total. The number of hydrogen-bond acceptors (Lipinski definition) is 6. The molecule has 0 aliphatic rings. The van der Waals surface area contributed by atoms with Gasteiger partial charge in [-0.25, -0.2) is 4.57 Å². The van der Waals surface area contributed by atoms with Gasteiger partial charge in [-0.15, -0.1) is 0 Å². The van der Waals surface area contributed by atoms with E-state index >= 15 is 0 Å². The van der Waals surface area contributed by atoms with Crippen LogP contribution in [-0.2, 0) is 27.9 Å². The van der Waals surface area contributed by atoms with Gasteiger partial charge in [-0.3, -0.25) is 13.8 Å². The lowest BCUT2D eigenvalue weighted by atomic mass is 10.0. The Morgan fingerprint density at radius 3 is 1.38 bits per heavy atom. The zero-order valence-electron chi connectivity index (χ0n) is 41.5. The Kier molecular flexibility index (Phi) is 44.9. The normalized spacial score (nSPS) is 14.2. The molecule has 366 valence electrons. The topological polar surface area (TPSA) is 91.3 Å². The van der Waals surface area contributed by atoms with Crippen molar-refractivity contribution in [1.29, 1.82) is 0 Å². The lowest BCUT2D eigenvalue weighted by Crippen LogP contribution is -2.37. The van der Waals surface area contributed by atoms with Gasteiger partial charge in [0.1, 0.15) is 19.3 Å². The van der Waals surface area contributed by atoms with E-state index in [2.05, 4.69) is 86.8 Å². The molecule has 0 spiro atoms. The van der Waals surface area contributed by atoms with Crippen LogP contribution in [-0.4, -0.2) is 75.6 Å². The zero-order valence-corrected chi connectivity index (χ0v) is 42.4. The first kappa shape index (κ1) is 60.9. The van der Waals surface area contributed by atoms with Crippen LogP contribution in [0.15, 0.2) is 72.9 Å². The van der Waals surface area contributed by atoms with E-state index in [-0.39, 0.29) is 25.8 Å². The lowest BCUT2D eigenvalue weighted by Gasteiger charge is -2.24. The molecule has 0 aromatic rings. The summed E-state index contributed by atoms with van der Waals surface area (Å²) in [6.07, 6.45) is 61.3. The number of hydrogen-bond donors (Lipinski definition) is 1. The van der Waals surface area contributed by atoms with Gasteiger partial charge in [0.25, 0.3) is 0 Å². The van der Waals surface area contributed by atoms with E-state index < -0.39 is 13.9 Å². The molecule has 2 atom stereocenters. The van der Waals surface area contributed by atoms with Crippen molar-refractivity contribution in [2.24, 2.45) is 0 Å². The van der Waals surface area contributed by atoms with Crippen LogP contribution in [0.1, 0.15) is 206 Å². The van der Waals surface area contributed by atoms with Crippen molar-refractivity contribution in [2.75, 3.05) is 54.1 Å². The minimum Gasteiger partial charge on any atom is -0.457 e. The molecule has 0 bridgehead atoms. The summed E-state index contributed by atoms with van der Waals surface area (Å²) >= 11 is 0. The Balaban J connectivity index is 4.17. The Morgan fingerprint density at radius 2 is 0.921 bits per heavy atom. The number of esters is 1. The van der Waals surface area contributed by atoms with Crippen molar-refractivity contribution in [3.63, 3.8) is 0 Å². The van der Waals surface area contributed by atoms with Crippen molar-refractivity contribution < 1.29 is 37.3 Å². The summed E-state index contributed by atoms with van der Waals surface area (Å²) in [5.41, 5.74) is 0. The number of phosphoric ester groups is 1. The number of rotatable bonds is 47. The third-order valence-electron chi connectivity index (χ3n) is 10.8. The summed E-state index contributed by atoms with van der Waals surface area (Å²) in [6.45, 7) is 5.29. The van der Waals surface area contributed by atoms with Gasteiger partial charge in [0.15, 0.2) is 0 Å². The maximum atomic E-state index is 12.8. The quantitative estimate of drug-likeness (QED) is 0.0214. The van der Waals surface area contributed by atoms with Crippen molar-refractivity contribution in [3.8, 4) is 0 Å². The molecule has 8 nitrogen and oxygen atoms in total. The van der Waals surface area contributed by atoms with Crippen LogP contribution in [0.2, 0.25) is 0 Å². The van der Waals surface area contributed by atoms with Crippen molar-refractivity contribution >= 4 is 13.8 Å². The molecule has 0 heterocycles. The van der Waals surface area contributed by atoms with E-state index in [9.17, 15) is 14.3 Å². The number of quaternary nitrogens is 1. The zero-order chi connectivity index (χ0) is 46.2. The highest BCUT2D eigenvalue weighted by Gasteiger charge is 2.26. The van der Waals surface area contributed by atoms with Gasteiger partial charge in [0.2, 0.25) is 0 Å². The molecule has 2 unspecified atom stereocenters. The molecule has 0 saturated carbocycles. The Bertz CT molecular complexity index is 1230. The average molecular weight is 905 g/mol. The predicted molar refractivity (Wildman–Crippen MR) is 270 cm³/mol. The number of nitrogens with zero attached hydrogens (tertiary/aromatic N) is 1. The number of phosphoric acid groups is 1. The second-order valence-electron chi connectivity index (χ2n) is 18.2. The van der Waals surface area contributed by atoms with Crippen LogP contribution < -0.4 is 0 Å². The van der Waals surface area contributed by atoms with Crippen LogP contribution in [0.4, 0.5) is 0 Å². The molecule has 0 aromatic heterocycles. The summed E-state index contributed by atoms with van der Waals surface area (Å²) in [4.78, 5) is 23.0. The predicted octanol–water partition coefficient (Wildman–Crippen LogP) is 15.8. The number of allylic oxidation sites excluding steroid dienone is 11. The number of carbonyl (C=O) groups excluding carboxylic acids is 1. The van der Waals surface area contributed by atoms with Gasteiger partial charge in [-0.1, -0.05) is 202 Å². The number of carbonyl (C=O) groups is 1.